The summed E-state index contributed by atoms with van der Waals surface area (Å²) in [4.78, 5) is 4.64. The third-order valence-electron chi connectivity index (χ3n) is 4.04. The van der Waals surface area contributed by atoms with Crippen LogP contribution in [-0.2, 0) is 4.74 Å². The van der Waals surface area contributed by atoms with Crippen molar-refractivity contribution < 1.29 is 4.74 Å². The van der Waals surface area contributed by atoms with E-state index in [1.807, 2.05) is 26.0 Å². The minimum atomic E-state index is -0.158. The quantitative estimate of drug-likeness (QED) is 0.804. The maximum atomic E-state index is 9.10. The first kappa shape index (κ1) is 14.4. The molecule has 110 valence electrons. The van der Waals surface area contributed by atoms with Crippen molar-refractivity contribution in [1.82, 2.24) is 9.55 Å². The lowest BCUT2D eigenvalue weighted by Crippen LogP contribution is -2.34. The van der Waals surface area contributed by atoms with Crippen molar-refractivity contribution >= 4 is 22.6 Å². The van der Waals surface area contributed by atoms with Gasteiger partial charge in [0.2, 0.25) is 0 Å². The second-order valence-corrected chi connectivity index (χ2v) is 6.13. The molecule has 0 radical (unpaired) electrons. The number of halogens is 1. The number of rotatable bonds is 4. The van der Waals surface area contributed by atoms with Crippen molar-refractivity contribution in [3.8, 4) is 6.07 Å². The molecular formula is C16H18ClN3O. The van der Waals surface area contributed by atoms with E-state index in [0.29, 0.717) is 17.7 Å². The van der Waals surface area contributed by atoms with Gasteiger partial charge in [-0.05, 0) is 44.9 Å². The van der Waals surface area contributed by atoms with E-state index in [1.165, 1.54) is 0 Å². The third kappa shape index (κ3) is 2.52. The van der Waals surface area contributed by atoms with Crippen molar-refractivity contribution in [2.75, 3.05) is 6.61 Å². The van der Waals surface area contributed by atoms with Crippen LogP contribution in [0.2, 0.25) is 0 Å². The number of benzene rings is 1. The summed E-state index contributed by atoms with van der Waals surface area (Å²) < 4.78 is 7.84. The molecule has 0 spiro atoms. The Hall–Kier alpha value is -1.57. The molecule has 3 rings (SSSR count). The number of fused-ring (bicyclic) bond motifs is 1. The minimum Gasteiger partial charge on any atom is -0.378 e. The zero-order chi connectivity index (χ0) is 15.0. The summed E-state index contributed by atoms with van der Waals surface area (Å²) in [7, 11) is 0. The number of nitrogens with zero attached hydrogens (tertiary/aromatic N) is 3. The molecule has 21 heavy (non-hydrogen) atoms. The van der Waals surface area contributed by atoms with E-state index in [4.69, 9.17) is 21.6 Å². The average molecular weight is 304 g/mol. The highest BCUT2D eigenvalue weighted by atomic mass is 35.5. The van der Waals surface area contributed by atoms with Crippen LogP contribution in [0.1, 0.15) is 49.5 Å². The van der Waals surface area contributed by atoms with Crippen molar-refractivity contribution in [1.29, 1.82) is 5.26 Å². The molecule has 1 atom stereocenters. The maximum Gasteiger partial charge on any atom is 0.127 e. The van der Waals surface area contributed by atoms with E-state index in [1.54, 1.807) is 6.07 Å². The SMILES string of the molecule is CCOC1CC(n2c(C(C)Cl)nc3ccc(C#N)cc32)C1. The maximum absolute atomic E-state index is 9.10. The highest BCUT2D eigenvalue weighted by Gasteiger charge is 2.34. The summed E-state index contributed by atoms with van der Waals surface area (Å²) in [5, 5.41) is 8.94. The van der Waals surface area contributed by atoms with Gasteiger partial charge in [-0.2, -0.15) is 5.26 Å². The molecular weight excluding hydrogens is 286 g/mol. The highest BCUT2D eigenvalue weighted by molar-refractivity contribution is 6.20. The smallest absolute Gasteiger partial charge is 0.127 e. The Morgan fingerprint density at radius 2 is 2.29 bits per heavy atom. The summed E-state index contributed by atoms with van der Waals surface area (Å²) in [5.74, 6) is 0.877. The van der Waals surface area contributed by atoms with E-state index in [9.17, 15) is 0 Å². The molecule has 5 heteroatoms. The van der Waals surface area contributed by atoms with E-state index in [0.717, 1.165) is 36.3 Å². The molecule has 2 aromatic rings. The van der Waals surface area contributed by atoms with E-state index in [2.05, 4.69) is 15.6 Å². The lowest BCUT2D eigenvalue weighted by atomic mass is 9.88. The number of hydrogen-bond donors (Lipinski definition) is 0. The van der Waals surface area contributed by atoms with Gasteiger partial charge in [0.15, 0.2) is 0 Å². The van der Waals surface area contributed by atoms with Crippen molar-refractivity contribution in [3.05, 3.63) is 29.6 Å². The fourth-order valence-corrected chi connectivity index (χ4v) is 3.12. The molecule has 1 unspecified atom stereocenters. The molecule has 1 aromatic carbocycles. The molecule has 1 aromatic heterocycles. The summed E-state index contributed by atoms with van der Waals surface area (Å²) in [6.45, 7) is 4.70. The normalized spacial score (nSPS) is 22.8. The second-order valence-electron chi connectivity index (χ2n) is 5.47. The predicted octanol–water partition coefficient (Wildman–Crippen LogP) is 3.95. The number of hydrogen-bond acceptors (Lipinski definition) is 3. The van der Waals surface area contributed by atoms with Crippen LogP contribution in [0.4, 0.5) is 0 Å². The molecule has 0 bridgehead atoms. The Labute approximate surface area is 129 Å². The van der Waals surface area contributed by atoms with Crippen molar-refractivity contribution in [3.63, 3.8) is 0 Å². The van der Waals surface area contributed by atoms with Crippen molar-refractivity contribution in [2.24, 2.45) is 0 Å². The van der Waals surface area contributed by atoms with Crippen LogP contribution in [0, 0.1) is 11.3 Å². The summed E-state index contributed by atoms with van der Waals surface area (Å²) in [6.07, 6.45) is 2.29. The molecule has 4 nitrogen and oxygen atoms in total. The van der Waals surface area contributed by atoms with Gasteiger partial charge in [-0.15, -0.1) is 11.6 Å². The fourth-order valence-electron chi connectivity index (χ4n) is 2.97. The Balaban J connectivity index is 2.02. The Kier molecular flexibility index (Phi) is 3.88. The number of nitriles is 1. The monoisotopic (exact) mass is 303 g/mol. The Morgan fingerprint density at radius 3 is 2.90 bits per heavy atom. The van der Waals surface area contributed by atoms with Gasteiger partial charge in [-0.1, -0.05) is 0 Å². The third-order valence-corrected chi connectivity index (χ3v) is 4.23. The van der Waals surface area contributed by atoms with Crippen LogP contribution in [0.3, 0.4) is 0 Å². The topological polar surface area (TPSA) is 50.8 Å². The zero-order valence-electron chi connectivity index (χ0n) is 12.2. The van der Waals surface area contributed by atoms with Gasteiger partial charge in [0, 0.05) is 12.6 Å². The molecule has 1 saturated carbocycles. The van der Waals surface area contributed by atoms with Gasteiger partial charge in [-0.3, -0.25) is 0 Å². The molecule has 0 aliphatic heterocycles. The fraction of sp³-hybridized carbons (Fsp3) is 0.500. The lowest BCUT2D eigenvalue weighted by Gasteiger charge is -2.37. The zero-order valence-corrected chi connectivity index (χ0v) is 13.0. The van der Waals surface area contributed by atoms with Crippen LogP contribution in [0.15, 0.2) is 18.2 Å². The minimum absolute atomic E-state index is 0.158. The van der Waals surface area contributed by atoms with E-state index >= 15 is 0 Å². The number of aromatic nitrogens is 2. The number of alkyl halides is 1. The molecule has 0 amide bonds. The van der Waals surface area contributed by atoms with E-state index < -0.39 is 0 Å². The molecule has 1 heterocycles. The van der Waals surface area contributed by atoms with Gasteiger partial charge in [0.25, 0.3) is 0 Å². The van der Waals surface area contributed by atoms with Gasteiger partial charge in [0.1, 0.15) is 5.82 Å². The summed E-state index contributed by atoms with van der Waals surface area (Å²) in [5.41, 5.74) is 2.55. The predicted molar refractivity (Wildman–Crippen MR) is 82.4 cm³/mol. The summed E-state index contributed by atoms with van der Waals surface area (Å²) >= 11 is 6.30. The Bertz CT molecular complexity index is 695. The standard InChI is InChI=1S/C16H18ClN3O/c1-3-21-13-7-12(8-13)20-15-6-11(9-18)4-5-14(15)19-16(20)10(2)17/h4-6,10,12-13H,3,7-8H2,1-2H3. The first-order chi connectivity index (χ1) is 10.1. The molecule has 1 aliphatic rings. The van der Waals surface area contributed by atoms with E-state index in [-0.39, 0.29) is 5.38 Å². The van der Waals surface area contributed by atoms with Crippen molar-refractivity contribution in [2.45, 2.75) is 44.2 Å². The van der Waals surface area contributed by atoms with Gasteiger partial charge < -0.3 is 9.30 Å². The second kappa shape index (κ2) is 5.67. The molecule has 1 aliphatic carbocycles. The van der Waals surface area contributed by atoms with Gasteiger partial charge >= 0.3 is 0 Å². The first-order valence-electron chi connectivity index (χ1n) is 7.31. The molecule has 0 N–H and O–H groups in total. The van der Waals surface area contributed by atoms with Crippen LogP contribution in [0.25, 0.3) is 11.0 Å². The van der Waals surface area contributed by atoms with Crippen LogP contribution >= 0.6 is 11.6 Å². The number of ether oxygens (including phenoxy) is 1. The molecule has 1 fully saturated rings. The van der Waals surface area contributed by atoms with Crippen LogP contribution < -0.4 is 0 Å². The molecule has 0 saturated heterocycles. The van der Waals surface area contributed by atoms with Crippen LogP contribution in [-0.4, -0.2) is 22.3 Å². The lowest BCUT2D eigenvalue weighted by molar-refractivity contribution is -0.0193. The number of imidazole rings is 1. The average Bonchev–Trinajstić information content (AvgIpc) is 2.80. The summed E-state index contributed by atoms with van der Waals surface area (Å²) in [6, 6.07) is 8.14. The largest absolute Gasteiger partial charge is 0.378 e. The highest BCUT2D eigenvalue weighted by Crippen LogP contribution is 2.39. The Morgan fingerprint density at radius 1 is 1.52 bits per heavy atom. The first-order valence-corrected chi connectivity index (χ1v) is 7.75. The van der Waals surface area contributed by atoms with Crippen LogP contribution in [0.5, 0.6) is 0 Å². The van der Waals surface area contributed by atoms with Gasteiger partial charge in [-0.25, -0.2) is 4.98 Å². The van der Waals surface area contributed by atoms with Gasteiger partial charge in [0.05, 0.1) is 34.1 Å².